The average molecular weight is 721 g/mol. The van der Waals surface area contributed by atoms with E-state index in [1.54, 1.807) is 0 Å². The molecule has 9 aromatic carbocycles. The molecule has 268 valence electrons. The molecule has 0 amide bonds. The van der Waals surface area contributed by atoms with Crippen LogP contribution in [0.4, 0.5) is 0 Å². The monoisotopic (exact) mass is 720 g/mol. The third kappa shape index (κ3) is 4.69. The van der Waals surface area contributed by atoms with Gasteiger partial charge in [-0.05, 0) is 78.8 Å². The first kappa shape index (κ1) is 32.8. The van der Waals surface area contributed by atoms with Crippen LogP contribution in [0.15, 0.2) is 170 Å². The van der Waals surface area contributed by atoms with Gasteiger partial charge in [-0.25, -0.2) is 0 Å². The van der Waals surface area contributed by atoms with Gasteiger partial charge < -0.3 is 9.47 Å². The summed E-state index contributed by atoms with van der Waals surface area (Å²) in [5.74, 6) is 3.69. The summed E-state index contributed by atoms with van der Waals surface area (Å²) in [6, 6.07) is 61.7. The van der Waals surface area contributed by atoms with Crippen LogP contribution in [0.1, 0.15) is 49.9 Å². The van der Waals surface area contributed by atoms with Crippen molar-refractivity contribution in [2.24, 2.45) is 0 Å². The van der Waals surface area contributed by atoms with Crippen LogP contribution in [0.25, 0.3) is 65.7 Å². The Kier molecular flexibility index (Phi) is 6.98. The fourth-order valence-corrected chi connectivity index (χ4v) is 9.65. The molecule has 0 N–H and O–H groups in total. The van der Waals surface area contributed by atoms with Gasteiger partial charge in [-0.1, -0.05) is 173 Å². The molecule has 0 fully saturated rings. The minimum atomic E-state index is -0.223. The van der Waals surface area contributed by atoms with Crippen LogP contribution in [0.2, 0.25) is 0 Å². The molecule has 0 bridgehead atoms. The van der Waals surface area contributed by atoms with Gasteiger partial charge in [0.15, 0.2) is 0 Å². The molecule has 0 radical (unpaired) electrons. The van der Waals surface area contributed by atoms with Crippen LogP contribution in [-0.2, 0) is 10.8 Å². The van der Waals surface area contributed by atoms with E-state index in [1.807, 2.05) is 0 Å². The maximum atomic E-state index is 6.89. The van der Waals surface area contributed by atoms with E-state index in [2.05, 4.69) is 198 Å². The Labute approximate surface area is 327 Å². The van der Waals surface area contributed by atoms with Crippen molar-refractivity contribution in [2.75, 3.05) is 0 Å². The van der Waals surface area contributed by atoms with Gasteiger partial charge in [0.05, 0.1) is 0 Å². The van der Waals surface area contributed by atoms with Crippen LogP contribution in [-0.4, -0.2) is 0 Å². The van der Waals surface area contributed by atoms with Crippen molar-refractivity contribution >= 4 is 32.3 Å². The lowest BCUT2D eigenvalue weighted by Crippen LogP contribution is -2.24. The molecule has 2 heterocycles. The average Bonchev–Trinajstić information content (AvgIpc) is 3.22. The lowest BCUT2D eigenvalue weighted by Gasteiger charge is -2.35. The molecular weight excluding hydrogens is 681 g/mol. The summed E-state index contributed by atoms with van der Waals surface area (Å²) in [6.45, 7) is 9.22. The number of rotatable bonds is 3. The van der Waals surface area contributed by atoms with Crippen molar-refractivity contribution in [2.45, 2.75) is 38.5 Å². The van der Waals surface area contributed by atoms with Gasteiger partial charge in [0.2, 0.25) is 0 Å². The Morgan fingerprint density at radius 3 is 1.34 bits per heavy atom. The molecular formula is C54H40O2. The van der Waals surface area contributed by atoms with Crippen LogP contribution in [0, 0.1) is 0 Å². The van der Waals surface area contributed by atoms with Crippen molar-refractivity contribution in [1.82, 2.24) is 0 Å². The lowest BCUT2D eigenvalue weighted by atomic mass is 9.74. The second kappa shape index (κ2) is 11.9. The molecule has 0 saturated heterocycles. The van der Waals surface area contributed by atoms with Crippen molar-refractivity contribution in [3.8, 4) is 56.4 Å². The maximum Gasteiger partial charge on any atom is 0.139 e. The van der Waals surface area contributed by atoms with Gasteiger partial charge in [0.1, 0.15) is 23.0 Å². The van der Waals surface area contributed by atoms with E-state index in [-0.39, 0.29) is 10.8 Å². The molecule has 2 aliphatic rings. The Hall–Kier alpha value is -6.64. The first-order valence-corrected chi connectivity index (χ1v) is 19.6. The highest BCUT2D eigenvalue weighted by Gasteiger charge is 2.37. The molecule has 0 unspecified atom stereocenters. The summed E-state index contributed by atoms with van der Waals surface area (Å²) in [5, 5.41) is 7.23. The Morgan fingerprint density at radius 1 is 0.339 bits per heavy atom. The number of para-hydroxylation sites is 4. The van der Waals surface area contributed by atoms with Crippen LogP contribution < -0.4 is 9.47 Å². The summed E-state index contributed by atoms with van der Waals surface area (Å²) in [6.07, 6.45) is 0. The summed E-state index contributed by atoms with van der Waals surface area (Å²) in [7, 11) is 0. The molecule has 2 aliphatic heterocycles. The predicted molar refractivity (Wildman–Crippen MR) is 233 cm³/mol. The standard InChI is InChI=1S/C54H40O2/c1-53(2)44-23-7-9-27-48(44)55-51-40(21-13-25-46(51)53)36-17-11-19-38-42(36)32-43-37(18-12-20-39(43)50(38)35-30-29-33-15-5-6-16-34(33)31-35)41-22-14-26-47-52(41)56-49-28-10-8-24-45(49)54(47,3)4/h5-32H,1-4H3. The maximum absolute atomic E-state index is 6.89. The van der Waals surface area contributed by atoms with Crippen molar-refractivity contribution in [1.29, 1.82) is 0 Å². The summed E-state index contributed by atoms with van der Waals surface area (Å²) < 4.78 is 13.8. The normalized spacial score (nSPS) is 14.6. The second-order valence-electron chi connectivity index (χ2n) is 16.4. The van der Waals surface area contributed by atoms with E-state index >= 15 is 0 Å². The fourth-order valence-electron chi connectivity index (χ4n) is 9.65. The van der Waals surface area contributed by atoms with Gasteiger partial charge >= 0.3 is 0 Å². The highest BCUT2D eigenvalue weighted by atomic mass is 16.5. The van der Waals surface area contributed by atoms with Gasteiger partial charge in [0, 0.05) is 44.2 Å². The number of fused-ring (bicyclic) bond motifs is 7. The summed E-state index contributed by atoms with van der Waals surface area (Å²) in [5.41, 5.74) is 11.2. The van der Waals surface area contributed by atoms with E-state index in [0.29, 0.717) is 0 Å². The van der Waals surface area contributed by atoms with Gasteiger partial charge in [-0.2, -0.15) is 0 Å². The topological polar surface area (TPSA) is 18.5 Å². The molecule has 9 aromatic rings. The largest absolute Gasteiger partial charge is 0.456 e. The van der Waals surface area contributed by atoms with Gasteiger partial charge in [-0.3, -0.25) is 0 Å². The minimum absolute atomic E-state index is 0.223. The van der Waals surface area contributed by atoms with Crippen LogP contribution >= 0.6 is 0 Å². The quantitative estimate of drug-likeness (QED) is 0.169. The zero-order valence-corrected chi connectivity index (χ0v) is 32.0. The first-order chi connectivity index (χ1) is 27.3. The zero-order chi connectivity index (χ0) is 37.8. The van der Waals surface area contributed by atoms with Crippen molar-refractivity contribution in [3.63, 3.8) is 0 Å². The van der Waals surface area contributed by atoms with E-state index in [9.17, 15) is 0 Å². The number of hydrogen-bond acceptors (Lipinski definition) is 2. The third-order valence-corrected chi connectivity index (χ3v) is 12.6. The molecule has 0 spiro atoms. The van der Waals surface area contributed by atoms with Crippen molar-refractivity contribution in [3.05, 3.63) is 192 Å². The SMILES string of the molecule is CC1(C)c2ccccc2Oc2c(-c3cccc4c(-c5ccc6ccccc6c5)c5cccc(-c6cccc7c6Oc6ccccc6C7(C)C)c5cc34)cccc21. The molecule has 0 saturated carbocycles. The van der Waals surface area contributed by atoms with Gasteiger partial charge in [-0.15, -0.1) is 0 Å². The Morgan fingerprint density at radius 2 is 0.786 bits per heavy atom. The smallest absolute Gasteiger partial charge is 0.139 e. The Bertz CT molecular complexity index is 2920. The molecule has 2 nitrogen and oxygen atoms in total. The molecule has 0 aromatic heterocycles. The number of ether oxygens (including phenoxy) is 2. The second-order valence-corrected chi connectivity index (χ2v) is 16.4. The number of hydrogen-bond donors (Lipinski definition) is 0. The Balaban J connectivity index is 1.22. The highest BCUT2D eigenvalue weighted by molar-refractivity contribution is 6.19. The minimum Gasteiger partial charge on any atom is -0.456 e. The summed E-state index contributed by atoms with van der Waals surface area (Å²) in [4.78, 5) is 0. The zero-order valence-electron chi connectivity index (χ0n) is 32.0. The van der Waals surface area contributed by atoms with Crippen LogP contribution in [0.5, 0.6) is 23.0 Å². The van der Waals surface area contributed by atoms with E-state index < -0.39 is 0 Å². The highest BCUT2D eigenvalue weighted by Crippen LogP contribution is 2.55. The molecule has 11 rings (SSSR count). The third-order valence-electron chi connectivity index (χ3n) is 12.6. The summed E-state index contributed by atoms with van der Waals surface area (Å²) >= 11 is 0. The number of benzene rings is 9. The van der Waals surface area contributed by atoms with Crippen LogP contribution in [0.3, 0.4) is 0 Å². The van der Waals surface area contributed by atoms with E-state index in [1.165, 1.54) is 65.7 Å². The molecule has 0 atom stereocenters. The molecule has 56 heavy (non-hydrogen) atoms. The van der Waals surface area contributed by atoms with E-state index in [4.69, 9.17) is 9.47 Å². The first-order valence-electron chi connectivity index (χ1n) is 19.6. The fraction of sp³-hybridized carbons (Fsp3) is 0.111. The predicted octanol–water partition coefficient (Wildman–Crippen LogP) is 15.0. The van der Waals surface area contributed by atoms with Gasteiger partial charge in [0.25, 0.3) is 0 Å². The molecule has 2 heteroatoms. The molecule has 0 aliphatic carbocycles. The lowest BCUT2D eigenvalue weighted by molar-refractivity contribution is 0.419. The van der Waals surface area contributed by atoms with E-state index in [0.717, 1.165) is 45.3 Å². The van der Waals surface area contributed by atoms with Crippen molar-refractivity contribution < 1.29 is 9.47 Å².